The lowest BCUT2D eigenvalue weighted by molar-refractivity contribution is 0.0690. The summed E-state index contributed by atoms with van der Waals surface area (Å²) in [6.45, 7) is 1.56. The molecule has 0 aliphatic carbocycles. The SMILES string of the molecule is Cn1cncc1-c1cncc(CC2CCN(C(=O)c3ccncc3)CC2)n1. The molecule has 1 saturated heterocycles. The molecular weight excluding hydrogens is 340 g/mol. The van der Waals surface area contributed by atoms with Crippen molar-refractivity contribution in [1.29, 1.82) is 0 Å². The first-order valence-electron chi connectivity index (χ1n) is 9.17. The third kappa shape index (κ3) is 3.86. The Balaban J connectivity index is 1.37. The second-order valence-corrected chi connectivity index (χ2v) is 6.96. The van der Waals surface area contributed by atoms with Gasteiger partial charge in [0.1, 0.15) is 5.69 Å². The number of likely N-dealkylation sites (tertiary alicyclic amines) is 1. The number of pyridine rings is 1. The first kappa shape index (κ1) is 17.3. The summed E-state index contributed by atoms with van der Waals surface area (Å²) >= 11 is 0. The van der Waals surface area contributed by atoms with Gasteiger partial charge in [0.05, 0.1) is 30.1 Å². The van der Waals surface area contributed by atoms with E-state index >= 15 is 0 Å². The normalized spacial score (nSPS) is 15.1. The minimum Gasteiger partial charge on any atom is -0.339 e. The van der Waals surface area contributed by atoms with Crippen LogP contribution >= 0.6 is 0 Å². The summed E-state index contributed by atoms with van der Waals surface area (Å²) in [7, 11) is 1.95. The van der Waals surface area contributed by atoms with Gasteiger partial charge in [-0.25, -0.2) is 9.97 Å². The van der Waals surface area contributed by atoms with Gasteiger partial charge in [0, 0.05) is 44.3 Å². The second kappa shape index (κ2) is 7.65. The van der Waals surface area contributed by atoms with E-state index in [1.807, 2.05) is 22.7 Å². The maximum absolute atomic E-state index is 12.5. The molecule has 4 rings (SSSR count). The summed E-state index contributed by atoms with van der Waals surface area (Å²) in [6, 6.07) is 3.54. The van der Waals surface area contributed by atoms with Gasteiger partial charge in [0.2, 0.25) is 0 Å². The summed E-state index contributed by atoms with van der Waals surface area (Å²) in [5, 5.41) is 0. The average Bonchev–Trinajstić information content (AvgIpc) is 3.15. The molecule has 1 amide bonds. The van der Waals surface area contributed by atoms with E-state index in [1.165, 1.54) is 0 Å². The molecule has 0 saturated carbocycles. The predicted octanol–water partition coefficient (Wildman–Crippen LogP) is 2.37. The standard InChI is InChI=1S/C20H22N6O/c1-25-14-23-13-19(25)18-12-22-11-17(24-18)10-15-4-8-26(9-5-15)20(27)16-2-6-21-7-3-16/h2-3,6-7,11-15H,4-5,8-10H2,1H3. The highest BCUT2D eigenvalue weighted by atomic mass is 16.2. The van der Waals surface area contributed by atoms with Crippen molar-refractivity contribution < 1.29 is 4.79 Å². The number of imidazole rings is 1. The van der Waals surface area contributed by atoms with Crippen LogP contribution in [0, 0.1) is 5.92 Å². The smallest absolute Gasteiger partial charge is 0.253 e. The summed E-state index contributed by atoms with van der Waals surface area (Å²) in [5.74, 6) is 0.608. The summed E-state index contributed by atoms with van der Waals surface area (Å²) in [4.78, 5) is 31.7. The van der Waals surface area contributed by atoms with Gasteiger partial charge < -0.3 is 9.47 Å². The first-order chi connectivity index (χ1) is 13.2. The van der Waals surface area contributed by atoms with Crippen LogP contribution in [-0.2, 0) is 13.5 Å². The number of hydrogen-bond acceptors (Lipinski definition) is 5. The second-order valence-electron chi connectivity index (χ2n) is 6.96. The molecule has 7 nitrogen and oxygen atoms in total. The molecule has 1 fully saturated rings. The van der Waals surface area contributed by atoms with Crippen LogP contribution in [0.3, 0.4) is 0 Å². The summed E-state index contributed by atoms with van der Waals surface area (Å²) in [5.41, 5.74) is 3.51. The van der Waals surface area contributed by atoms with Gasteiger partial charge in [-0.15, -0.1) is 0 Å². The monoisotopic (exact) mass is 362 g/mol. The minimum absolute atomic E-state index is 0.0915. The Morgan fingerprint density at radius 3 is 2.56 bits per heavy atom. The van der Waals surface area contributed by atoms with Gasteiger partial charge in [-0.3, -0.25) is 14.8 Å². The largest absolute Gasteiger partial charge is 0.339 e. The molecule has 0 atom stereocenters. The molecule has 0 unspecified atom stereocenters. The van der Waals surface area contributed by atoms with Crippen LogP contribution in [0.15, 0.2) is 49.4 Å². The van der Waals surface area contributed by atoms with Crippen LogP contribution in [0.4, 0.5) is 0 Å². The van der Waals surface area contributed by atoms with Gasteiger partial charge in [0.25, 0.3) is 5.91 Å². The van der Waals surface area contributed by atoms with Crippen LogP contribution in [0.25, 0.3) is 11.4 Å². The number of carbonyl (C=O) groups is 1. The molecule has 138 valence electrons. The summed E-state index contributed by atoms with van der Waals surface area (Å²) in [6.07, 6.45) is 13.3. The van der Waals surface area contributed by atoms with Crippen molar-refractivity contribution in [3.8, 4) is 11.4 Å². The van der Waals surface area contributed by atoms with E-state index in [0.29, 0.717) is 11.5 Å². The van der Waals surface area contributed by atoms with Gasteiger partial charge >= 0.3 is 0 Å². The average molecular weight is 362 g/mol. The van der Waals surface area contributed by atoms with Gasteiger partial charge in [-0.2, -0.15) is 0 Å². The topological polar surface area (TPSA) is 76.8 Å². The number of aryl methyl sites for hydroxylation is 1. The maximum Gasteiger partial charge on any atom is 0.253 e. The van der Waals surface area contributed by atoms with E-state index in [2.05, 4.69) is 15.0 Å². The molecule has 1 aliphatic heterocycles. The molecule has 0 spiro atoms. The van der Waals surface area contributed by atoms with Crippen molar-refractivity contribution in [2.45, 2.75) is 19.3 Å². The number of rotatable bonds is 4. The molecule has 3 aromatic rings. The lowest BCUT2D eigenvalue weighted by atomic mass is 9.92. The van der Waals surface area contributed by atoms with Crippen molar-refractivity contribution >= 4 is 5.91 Å². The quantitative estimate of drug-likeness (QED) is 0.712. The number of aromatic nitrogens is 5. The van der Waals surface area contributed by atoms with Crippen molar-refractivity contribution in [1.82, 2.24) is 29.4 Å². The van der Waals surface area contributed by atoms with E-state index in [4.69, 9.17) is 4.98 Å². The minimum atomic E-state index is 0.0915. The molecule has 0 aromatic carbocycles. The Kier molecular flexibility index (Phi) is 4.91. The molecule has 0 bridgehead atoms. The summed E-state index contributed by atoms with van der Waals surface area (Å²) < 4.78 is 1.94. The third-order valence-corrected chi connectivity index (χ3v) is 5.09. The molecule has 0 radical (unpaired) electrons. The lowest BCUT2D eigenvalue weighted by Gasteiger charge is -2.32. The molecule has 27 heavy (non-hydrogen) atoms. The number of nitrogens with zero attached hydrogens (tertiary/aromatic N) is 6. The van der Waals surface area contributed by atoms with Crippen LogP contribution in [0.1, 0.15) is 28.9 Å². The van der Waals surface area contributed by atoms with Crippen LogP contribution in [-0.4, -0.2) is 48.4 Å². The van der Waals surface area contributed by atoms with Gasteiger partial charge in [0.15, 0.2) is 0 Å². The van der Waals surface area contributed by atoms with Crippen LogP contribution in [0.2, 0.25) is 0 Å². The van der Waals surface area contributed by atoms with Gasteiger partial charge in [-0.1, -0.05) is 0 Å². The van der Waals surface area contributed by atoms with Gasteiger partial charge in [-0.05, 0) is 37.3 Å². The molecule has 3 aromatic heterocycles. The molecular formula is C20H22N6O. The van der Waals surface area contributed by atoms with Crippen molar-refractivity contribution in [3.05, 3.63) is 60.7 Å². The highest BCUT2D eigenvalue weighted by Crippen LogP contribution is 2.23. The van der Waals surface area contributed by atoms with Crippen LogP contribution < -0.4 is 0 Å². The predicted molar refractivity (Wildman–Crippen MR) is 101 cm³/mol. The van der Waals surface area contributed by atoms with E-state index in [-0.39, 0.29) is 5.91 Å². The highest BCUT2D eigenvalue weighted by Gasteiger charge is 2.24. The molecule has 1 aliphatic rings. The fourth-order valence-electron chi connectivity index (χ4n) is 3.55. The Bertz CT molecular complexity index is 915. The fraction of sp³-hybridized carbons (Fsp3) is 0.350. The number of amides is 1. The molecule has 7 heteroatoms. The zero-order valence-corrected chi connectivity index (χ0v) is 15.3. The van der Waals surface area contributed by atoms with Crippen molar-refractivity contribution in [2.75, 3.05) is 13.1 Å². The Labute approximate surface area is 158 Å². The van der Waals surface area contributed by atoms with E-state index < -0.39 is 0 Å². The lowest BCUT2D eigenvalue weighted by Crippen LogP contribution is -2.39. The van der Waals surface area contributed by atoms with E-state index in [0.717, 1.165) is 49.4 Å². The maximum atomic E-state index is 12.5. The Morgan fingerprint density at radius 2 is 1.85 bits per heavy atom. The molecule has 4 heterocycles. The zero-order chi connectivity index (χ0) is 18.6. The number of carbonyl (C=O) groups excluding carboxylic acids is 1. The molecule has 0 N–H and O–H groups in total. The first-order valence-corrected chi connectivity index (χ1v) is 9.17. The van der Waals surface area contributed by atoms with Crippen molar-refractivity contribution in [3.63, 3.8) is 0 Å². The number of hydrogen-bond donors (Lipinski definition) is 0. The zero-order valence-electron chi connectivity index (χ0n) is 15.3. The highest BCUT2D eigenvalue weighted by molar-refractivity contribution is 5.94. The Hall–Kier alpha value is -3.09. The van der Waals surface area contributed by atoms with E-state index in [9.17, 15) is 4.79 Å². The van der Waals surface area contributed by atoms with Crippen LogP contribution in [0.5, 0.6) is 0 Å². The number of piperidine rings is 1. The van der Waals surface area contributed by atoms with E-state index in [1.54, 1.807) is 43.2 Å². The fourth-order valence-corrected chi connectivity index (χ4v) is 3.55. The Morgan fingerprint density at radius 1 is 1.07 bits per heavy atom. The van der Waals surface area contributed by atoms with Crippen molar-refractivity contribution in [2.24, 2.45) is 13.0 Å². The third-order valence-electron chi connectivity index (χ3n) is 5.09.